The van der Waals surface area contributed by atoms with Gasteiger partial charge in [-0.05, 0) is 241 Å². The largest absolute Gasteiger partial charge is 0.381 e. The van der Waals surface area contributed by atoms with Gasteiger partial charge in [-0.15, -0.1) is 0 Å². The smallest absolute Gasteiger partial charge is 0.327 e. The molecule has 3 aliphatic heterocycles. The third-order valence-corrected chi connectivity index (χ3v) is 23.7. The maximum atomic E-state index is 14.2. The molecule has 13 rings (SSSR count). The van der Waals surface area contributed by atoms with Crippen LogP contribution >= 0.6 is 0 Å². The quantitative estimate of drug-likeness (QED) is 0.0301. The highest BCUT2D eigenvalue weighted by Gasteiger charge is 2.61. The summed E-state index contributed by atoms with van der Waals surface area (Å²) in [5, 5.41) is 0. The number of carbonyl (C=O) groups excluding carboxylic acids is 7. The number of allylic oxidation sites excluding steroid dienone is 1. The molecular formula is C98H148F9N7O11. The van der Waals surface area contributed by atoms with Gasteiger partial charge in [0.15, 0.2) is 0 Å². The first-order chi connectivity index (χ1) is 59.8. The molecule has 3 atom stereocenters. The summed E-state index contributed by atoms with van der Waals surface area (Å²) in [6.07, 6.45) is 26.6. The number of halogens is 9. The van der Waals surface area contributed by atoms with Gasteiger partial charge in [-0.1, -0.05) is 84.4 Å². The lowest BCUT2D eigenvalue weighted by Crippen LogP contribution is -2.50. The summed E-state index contributed by atoms with van der Waals surface area (Å²) >= 11 is 0. The molecule has 7 amide bonds. The molecule has 10 fully saturated rings. The highest BCUT2D eigenvalue weighted by Crippen LogP contribution is 2.47. The van der Waals surface area contributed by atoms with Crippen molar-refractivity contribution in [1.82, 2.24) is 34.3 Å². The normalized spacial score (nSPS) is 19.4. The summed E-state index contributed by atoms with van der Waals surface area (Å²) in [5.74, 6) is -8.59. The van der Waals surface area contributed by atoms with E-state index in [1.807, 2.05) is 83.4 Å². The van der Waals surface area contributed by atoms with Gasteiger partial charge in [0.05, 0.1) is 18.6 Å². The fourth-order valence-corrected chi connectivity index (χ4v) is 16.0. The topological polar surface area (TPSA) is 179 Å². The molecule has 125 heavy (non-hydrogen) atoms. The van der Waals surface area contributed by atoms with E-state index in [0.29, 0.717) is 151 Å². The van der Waals surface area contributed by atoms with E-state index in [1.165, 1.54) is 59.7 Å². The molecule has 0 spiro atoms. The third-order valence-electron chi connectivity index (χ3n) is 23.7. The van der Waals surface area contributed by atoms with Crippen molar-refractivity contribution in [3.63, 3.8) is 0 Å². The second kappa shape index (κ2) is 53.8. The summed E-state index contributed by atoms with van der Waals surface area (Å²) in [5.41, 5.74) is 3.82. The maximum Gasteiger partial charge on any atom is 0.327 e. The Balaban J connectivity index is 0.000000201. The van der Waals surface area contributed by atoms with Crippen molar-refractivity contribution in [2.45, 2.75) is 348 Å². The summed E-state index contributed by atoms with van der Waals surface area (Å²) in [4.78, 5) is 97.3. The summed E-state index contributed by atoms with van der Waals surface area (Å²) in [7, 11) is 0. The monoisotopic (exact) mass is 1770 g/mol. The Morgan fingerprint density at radius 2 is 0.880 bits per heavy atom. The lowest BCUT2D eigenvalue weighted by molar-refractivity contribution is -0.172. The number of hydrogen-bond donors (Lipinski definition) is 0. The molecular weight excluding hydrogens is 1620 g/mol. The van der Waals surface area contributed by atoms with E-state index >= 15 is 0 Å². The number of carbonyl (C=O) groups is 7. The Bertz CT molecular complexity index is 3740. The van der Waals surface area contributed by atoms with Crippen molar-refractivity contribution in [2.75, 3.05) is 92.1 Å². The number of nitrogens with zero attached hydrogens (tertiary/aromatic N) is 7. The molecule has 3 aromatic carbocycles. The van der Waals surface area contributed by atoms with Crippen LogP contribution in [0.15, 0.2) is 72.3 Å². The Labute approximate surface area is 739 Å². The molecule has 0 aromatic heterocycles. The van der Waals surface area contributed by atoms with E-state index < -0.39 is 59.2 Å². The molecule has 7 saturated carbocycles. The minimum absolute atomic E-state index is 0.0585. The minimum atomic E-state index is -3.22. The van der Waals surface area contributed by atoms with Crippen LogP contribution in [0.1, 0.15) is 280 Å². The van der Waals surface area contributed by atoms with E-state index in [0.717, 1.165) is 184 Å². The van der Waals surface area contributed by atoms with Crippen molar-refractivity contribution in [3.8, 4) is 11.1 Å². The summed E-state index contributed by atoms with van der Waals surface area (Å²) in [6.45, 7) is 31.5. The number of benzene rings is 3. The van der Waals surface area contributed by atoms with Crippen molar-refractivity contribution >= 4 is 41.4 Å². The Kier molecular flexibility index (Phi) is 45.1. The van der Waals surface area contributed by atoms with Crippen LogP contribution in [0.25, 0.3) is 11.1 Å². The molecule has 3 aromatic rings. The average molecular weight is 1770 g/mol. The van der Waals surface area contributed by atoms with Crippen LogP contribution in [0.2, 0.25) is 0 Å². The molecule has 704 valence electrons. The van der Waals surface area contributed by atoms with Crippen molar-refractivity contribution in [1.29, 1.82) is 0 Å². The van der Waals surface area contributed by atoms with E-state index in [4.69, 9.17) is 18.9 Å². The highest BCUT2D eigenvalue weighted by molar-refractivity contribution is 5.85. The third kappa shape index (κ3) is 37.5. The van der Waals surface area contributed by atoms with Crippen LogP contribution in [0.5, 0.6) is 0 Å². The first-order valence-electron chi connectivity index (χ1n) is 47.3. The lowest BCUT2D eigenvalue weighted by Gasteiger charge is -2.33. The molecule has 0 radical (unpaired) electrons. The minimum Gasteiger partial charge on any atom is -0.381 e. The molecule has 0 N–H and O–H groups in total. The standard InChI is InChI=1S/C20H21F2NO.C15H19F2NO.2C13H21F2NO2.C13H25NO2.C12H20FNO.C12H21NO2/c1-2-9-23(19-7-8-19)20(24)10-14-3-5-15(6-4-14)16-11-17(21)13-18(22)12-16;1-2-7-18(14-4-5-14)15(19)6-3-11-8-12(16)10-13(17)9-11;1-2-5-16(11-9-13(11,14)15)12(17)8-10-3-6-18-7-4-10;1-2-7-16(11-3-4-11)12(17)13(14,15)10-5-8-18-9-6-10;1-4-9-14(12-7-8-12)13(15)6-5-10-16-11(2)3;1-4-7-14(11-8-10(11)13)12(15)6-5-9(2)3;1-2-7-13(11-3-4-11)12(14)10-5-8-15-9-6-10/h3-6,11-13,19H,2,7-10H2,1H3;8-10,14H,2-7H2,1H3;2*10-11H,2-9H2,1H3;11-12H,4-10H2,1-3H3;5,10-11H,4,6-8H2,1-3H3;10-11H,2-9H2,1H3. The number of aryl methyl sites for hydroxylation is 1. The molecule has 10 aliphatic rings. The maximum absolute atomic E-state index is 14.2. The van der Waals surface area contributed by atoms with Gasteiger partial charge in [-0.25, -0.2) is 30.7 Å². The molecule has 0 bridgehead atoms. The molecule has 27 heteroatoms. The summed E-state index contributed by atoms with van der Waals surface area (Å²) < 4.78 is 141. The zero-order valence-electron chi connectivity index (χ0n) is 76.8. The van der Waals surface area contributed by atoms with Crippen LogP contribution in [-0.4, -0.2) is 234 Å². The van der Waals surface area contributed by atoms with Gasteiger partial charge in [-0.2, -0.15) is 8.78 Å². The van der Waals surface area contributed by atoms with Crippen LogP contribution in [0.4, 0.5) is 39.5 Å². The number of ether oxygens (including phenoxy) is 4. The van der Waals surface area contributed by atoms with Crippen LogP contribution in [0.3, 0.4) is 0 Å². The van der Waals surface area contributed by atoms with Crippen LogP contribution in [0, 0.1) is 41.0 Å². The second-order valence-corrected chi connectivity index (χ2v) is 35.9. The van der Waals surface area contributed by atoms with Gasteiger partial charge in [-0.3, -0.25) is 33.6 Å². The first kappa shape index (κ1) is 105. The van der Waals surface area contributed by atoms with Gasteiger partial charge in [0.1, 0.15) is 35.5 Å². The first-order valence-corrected chi connectivity index (χ1v) is 47.3. The fourth-order valence-electron chi connectivity index (χ4n) is 16.0. The van der Waals surface area contributed by atoms with E-state index in [-0.39, 0.29) is 67.0 Å². The van der Waals surface area contributed by atoms with Gasteiger partial charge < -0.3 is 53.2 Å². The molecule has 7 aliphatic carbocycles. The predicted molar refractivity (Wildman–Crippen MR) is 471 cm³/mol. The van der Waals surface area contributed by atoms with Gasteiger partial charge >= 0.3 is 5.92 Å². The van der Waals surface area contributed by atoms with Crippen molar-refractivity contribution in [2.24, 2.45) is 17.8 Å². The summed E-state index contributed by atoms with van der Waals surface area (Å²) in [6, 6.07) is 15.2. The Morgan fingerprint density at radius 3 is 1.32 bits per heavy atom. The van der Waals surface area contributed by atoms with Gasteiger partial charge in [0.2, 0.25) is 35.4 Å². The number of alkyl halides is 5. The number of hydrogen-bond acceptors (Lipinski definition) is 11. The second-order valence-electron chi connectivity index (χ2n) is 35.9. The molecule has 3 saturated heterocycles. The number of rotatable bonds is 39. The van der Waals surface area contributed by atoms with Crippen molar-refractivity contribution in [3.05, 3.63) is 107 Å². The average Bonchev–Trinajstić information content (AvgIpc) is 1.62. The molecule has 3 unspecified atom stereocenters. The van der Waals surface area contributed by atoms with E-state index in [1.54, 1.807) is 17.0 Å². The molecule has 3 heterocycles. The highest BCUT2D eigenvalue weighted by atomic mass is 19.3. The van der Waals surface area contributed by atoms with Crippen molar-refractivity contribution < 1.29 is 92.0 Å². The lowest BCUT2D eigenvalue weighted by atomic mass is 9.92. The SMILES string of the molecule is CCCN(C(=O)C(F)(F)C1CCOCC1)C1CC1.CCCN(C(=O)C1CCOCC1)C1CC1.CCCN(C(=O)CC1CCOCC1)C1CC1(F)F.CCCN(C(=O)CC=C(C)C)C1CC1F.CCCN(C(=O)CCCOC(C)C)C1CC1.CCCN(C(=O)CCc1cc(F)cc(F)c1)C1CC1.CCCN(C(=O)Cc1ccc(-c2cc(F)cc(F)c2)cc1)C1CC1. The Morgan fingerprint density at radius 1 is 0.480 bits per heavy atom. The zero-order valence-corrected chi connectivity index (χ0v) is 76.8. The van der Waals surface area contributed by atoms with E-state index in [2.05, 4.69) is 30.6 Å². The van der Waals surface area contributed by atoms with Gasteiger partial charge in [0.25, 0.3) is 11.8 Å². The fraction of sp³-hybridized carbons (Fsp3) is 0.724. The predicted octanol–water partition coefficient (Wildman–Crippen LogP) is 19.9. The zero-order chi connectivity index (χ0) is 91.3. The van der Waals surface area contributed by atoms with E-state index in [9.17, 15) is 73.1 Å². The molecule has 18 nitrogen and oxygen atoms in total. The van der Waals surface area contributed by atoms with Crippen LogP contribution < -0.4 is 0 Å². The van der Waals surface area contributed by atoms with Crippen LogP contribution in [-0.2, 0) is 65.4 Å². The van der Waals surface area contributed by atoms with Gasteiger partial charge in [0, 0.05) is 185 Å². The Hall–Kier alpha value is -7.10. The number of amides is 7.